The highest BCUT2D eigenvalue weighted by atomic mass is 32.1. The molecule has 6 aliphatic carbocycles. The minimum atomic E-state index is -1.05. The quantitative estimate of drug-likeness (QED) is 0.0328. The lowest BCUT2D eigenvalue weighted by Gasteiger charge is -2.39. The third kappa shape index (κ3) is 27.5. The van der Waals surface area contributed by atoms with Crippen LogP contribution in [0.15, 0.2) is 18.2 Å². The smallest absolute Gasteiger partial charge is 0.348 e. The molecule has 0 aromatic carbocycles. The number of thiophene rings is 3. The highest BCUT2D eigenvalue weighted by molar-refractivity contribution is 7.16. The lowest BCUT2D eigenvalue weighted by atomic mass is 9.81. The standard InChI is InChI=1S/C31H46N2O5S.C30H44N2O5S.C28H40N2O5S/c1-7-20(3)26(32)30(37)38-23-14-12-22(13-15-23)33(28(34)21-10-8-19(2)9-11-21)25-18-24(16-17-31(4,5)6)39-27(25)29(35)36;1-18(2)25(31)29(36)37-22-13-11-21(12-14-22)32(27(33)20-9-7-19(3)8-10-20)24-17-23(15-16-30(4,5)6)38-26(24)28(34)35;1-17-6-8-19(9-7-17)25(31)30(20-10-12-21(13-11-20)35-27(34)18(2)29)23-16-22(14-15-28(3,4)5)36-24(23)26(32)33/h18-23,26H,7-15,32H2,1-6H3,(H,35,36);17-22,25H,7-14,31H2,1-6H3,(H,34,35);16-21H,6-13,29H2,1-5H3,(H,32,33)/t19?,20-,21?,22?,23?,26-;19?,20?,21?,22?,25-;17?,18-,19?,20?,21?/m010/s1. The number of carboxylic acid groups (broad SMARTS) is 3. The number of rotatable bonds is 21. The van der Waals surface area contributed by atoms with E-state index in [-0.39, 0.29) is 127 Å². The first kappa shape index (κ1) is 93.1. The maximum Gasteiger partial charge on any atom is 0.348 e. The summed E-state index contributed by atoms with van der Waals surface area (Å²) in [5.74, 6) is 16.1. The monoisotopic (exact) mass is 1620 g/mol. The summed E-state index contributed by atoms with van der Waals surface area (Å²) in [5.41, 5.74) is 18.4. The zero-order chi connectivity index (χ0) is 83.7. The molecule has 3 amide bonds. The number of ether oxygens (including phenoxy) is 3. The predicted molar refractivity (Wildman–Crippen MR) is 449 cm³/mol. The van der Waals surface area contributed by atoms with Crippen LogP contribution in [-0.4, -0.2) is 123 Å². The number of hydrogen-bond donors (Lipinski definition) is 6. The van der Waals surface area contributed by atoms with Crippen molar-refractivity contribution in [2.75, 3.05) is 14.7 Å². The molecule has 6 saturated carbocycles. The fourth-order valence-corrected chi connectivity index (χ4v) is 18.0. The Labute approximate surface area is 684 Å². The normalized spacial score (nSPS) is 25.0. The van der Waals surface area contributed by atoms with Crippen LogP contribution in [0.1, 0.15) is 322 Å². The lowest BCUT2D eigenvalue weighted by molar-refractivity contribution is -0.154. The van der Waals surface area contributed by atoms with Crippen molar-refractivity contribution >= 4 is 105 Å². The maximum atomic E-state index is 14.1. The second-order valence-electron chi connectivity index (χ2n) is 36.5. The number of carbonyl (C=O) groups is 9. The van der Waals surface area contributed by atoms with Gasteiger partial charge in [0.2, 0.25) is 17.7 Å². The molecule has 6 aliphatic rings. The minimum Gasteiger partial charge on any atom is -0.477 e. The number of aromatic carboxylic acids is 3. The second kappa shape index (κ2) is 41.6. The van der Waals surface area contributed by atoms with Crippen LogP contribution in [0.3, 0.4) is 0 Å². The second-order valence-corrected chi connectivity index (χ2v) is 39.6. The van der Waals surface area contributed by atoms with Crippen molar-refractivity contribution in [3.05, 3.63) is 47.5 Å². The van der Waals surface area contributed by atoms with E-state index in [9.17, 15) is 58.5 Å². The lowest BCUT2D eigenvalue weighted by Crippen LogP contribution is -2.48. The molecule has 0 bridgehead atoms. The molecule has 624 valence electrons. The van der Waals surface area contributed by atoms with Crippen molar-refractivity contribution in [1.82, 2.24) is 0 Å². The van der Waals surface area contributed by atoms with Crippen LogP contribution < -0.4 is 31.9 Å². The first-order valence-corrected chi connectivity index (χ1v) is 44.0. The number of carbonyl (C=O) groups excluding carboxylic acids is 6. The van der Waals surface area contributed by atoms with Gasteiger partial charge in [0.1, 0.15) is 51.1 Å². The molecule has 4 atom stereocenters. The van der Waals surface area contributed by atoms with Crippen LogP contribution in [0.4, 0.5) is 17.1 Å². The van der Waals surface area contributed by atoms with Crippen LogP contribution in [0, 0.1) is 99.1 Å². The summed E-state index contributed by atoms with van der Waals surface area (Å²) in [6, 6.07) is 2.89. The van der Waals surface area contributed by atoms with E-state index in [1.807, 2.05) is 90.0 Å². The van der Waals surface area contributed by atoms with Crippen LogP contribution in [0.5, 0.6) is 0 Å². The van der Waals surface area contributed by atoms with Crippen molar-refractivity contribution in [2.45, 2.75) is 333 Å². The van der Waals surface area contributed by atoms with Crippen molar-refractivity contribution < 1.29 is 72.7 Å². The maximum absolute atomic E-state index is 14.1. The molecule has 9 rings (SSSR count). The fourth-order valence-electron chi connectivity index (χ4n) is 15.4. The van der Waals surface area contributed by atoms with E-state index < -0.39 is 42.0 Å². The van der Waals surface area contributed by atoms with Gasteiger partial charge in [-0.1, -0.05) is 90.4 Å². The molecule has 3 aromatic heterocycles. The Morgan fingerprint density at radius 3 is 0.876 bits per heavy atom. The van der Waals surface area contributed by atoms with Gasteiger partial charge < -0.3 is 61.4 Å². The molecule has 3 aromatic rings. The van der Waals surface area contributed by atoms with E-state index in [0.717, 1.165) is 117 Å². The molecule has 0 saturated heterocycles. The van der Waals surface area contributed by atoms with E-state index in [1.54, 1.807) is 39.8 Å². The largest absolute Gasteiger partial charge is 0.477 e. The molecular weight excluding hydrogens is 1490 g/mol. The first-order chi connectivity index (χ1) is 52.9. The number of carboxylic acids is 3. The summed E-state index contributed by atoms with van der Waals surface area (Å²) < 4.78 is 17.0. The number of nitrogens with zero attached hydrogens (tertiary/aromatic N) is 3. The van der Waals surface area contributed by atoms with E-state index in [2.05, 4.69) is 56.3 Å². The Balaban J connectivity index is 0.000000235. The van der Waals surface area contributed by atoms with Crippen molar-refractivity contribution in [1.29, 1.82) is 0 Å². The van der Waals surface area contributed by atoms with Gasteiger partial charge in [-0.2, -0.15) is 0 Å². The molecular formula is C89H130N6O15S3. The number of nitrogens with two attached hydrogens (primary N) is 3. The SMILES string of the molecule is CC1CCC(C(=O)N(c2cc(C#CC(C)(C)C)sc2C(=O)O)C2CCC(OC(=O)[C@H](C)N)CC2)CC1.CC1CCC(C(=O)N(c2cc(C#CC(C)(C)C)sc2C(=O)O)C2CCC(OC(=O)[C@H](N)C(C)C)CC2)CC1.CC[C@H](C)[C@H](N)C(=O)OC1CCC(N(C(=O)C2CCC(C)CC2)c2cc(C#CC(C)(C)C)sc2C(=O)O)CC1. The highest BCUT2D eigenvalue weighted by Crippen LogP contribution is 2.44. The van der Waals surface area contributed by atoms with Gasteiger partial charge in [-0.3, -0.25) is 28.8 Å². The summed E-state index contributed by atoms with van der Waals surface area (Å²) >= 11 is 3.39. The van der Waals surface area contributed by atoms with Gasteiger partial charge in [-0.05, 0) is 271 Å². The summed E-state index contributed by atoms with van der Waals surface area (Å²) in [7, 11) is 0. The number of hydrogen-bond acceptors (Lipinski definition) is 18. The molecule has 113 heavy (non-hydrogen) atoms. The summed E-state index contributed by atoms with van der Waals surface area (Å²) in [5, 5.41) is 30.2. The summed E-state index contributed by atoms with van der Waals surface area (Å²) in [6.07, 6.45) is 18.4. The number of esters is 3. The molecule has 0 radical (unpaired) electrons. The zero-order valence-electron chi connectivity index (χ0n) is 70.3. The average Bonchev–Trinajstić information content (AvgIpc) is 1.69. The van der Waals surface area contributed by atoms with Crippen molar-refractivity contribution in [2.24, 2.45) is 80.8 Å². The van der Waals surface area contributed by atoms with Crippen LogP contribution >= 0.6 is 34.0 Å². The van der Waals surface area contributed by atoms with E-state index in [0.29, 0.717) is 126 Å². The molecule has 0 unspecified atom stereocenters. The molecule has 0 spiro atoms. The van der Waals surface area contributed by atoms with Crippen molar-refractivity contribution in [3.8, 4) is 35.5 Å². The third-order valence-corrected chi connectivity index (χ3v) is 25.8. The number of amides is 3. The number of anilines is 3. The van der Waals surface area contributed by atoms with E-state index >= 15 is 0 Å². The van der Waals surface area contributed by atoms with Gasteiger partial charge in [0.05, 0.1) is 31.7 Å². The van der Waals surface area contributed by atoms with E-state index in [1.165, 1.54) is 0 Å². The Morgan fingerprint density at radius 1 is 0.407 bits per heavy atom. The van der Waals surface area contributed by atoms with Gasteiger partial charge in [0.15, 0.2) is 0 Å². The average molecular weight is 1620 g/mol. The molecule has 24 heteroatoms. The Kier molecular flexibility index (Phi) is 34.3. The molecule has 0 aliphatic heterocycles. The highest BCUT2D eigenvalue weighted by Gasteiger charge is 2.43. The summed E-state index contributed by atoms with van der Waals surface area (Å²) in [6.45, 7) is 34.0. The molecule has 6 fully saturated rings. The summed E-state index contributed by atoms with van der Waals surface area (Å²) in [4.78, 5) is 124. The van der Waals surface area contributed by atoms with Gasteiger partial charge >= 0.3 is 35.8 Å². The molecule has 9 N–H and O–H groups in total. The van der Waals surface area contributed by atoms with Crippen LogP contribution in [0.2, 0.25) is 0 Å². The van der Waals surface area contributed by atoms with Crippen LogP contribution in [0.25, 0.3) is 0 Å². The van der Waals surface area contributed by atoms with Crippen LogP contribution in [-0.2, 0) is 43.0 Å². The van der Waals surface area contributed by atoms with E-state index in [4.69, 9.17) is 31.4 Å². The Morgan fingerprint density at radius 2 is 0.655 bits per heavy atom. The zero-order valence-corrected chi connectivity index (χ0v) is 72.7. The Hall–Kier alpha value is -7.11. The van der Waals surface area contributed by atoms with Crippen molar-refractivity contribution in [3.63, 3.8) is 0 Å². The fraction of sp³-hybridized carbons (Fsp3) is 0.697. The van der Waals surface area contributed by atoms with Gasteiger partial charge in [0, 0.05) is 52.1 Å². The third-order valence-electron chi connectivity index (χ3n) is 22.8. The first-order valence-electron chi connectivity index (χ1n) is 41.5. The Bertz CT molecular complexity index is 3960. The van der Waals surface area contributed by atoms with Gasteiger partial charge in [0.25, 0.3) is 0 Å². The predicted octanol–water partition coefficient (Wildman–Crippen LogP) is 17.3. The van der Waals surface area contributed by atoms with Gasteiger partial charge in [-0.15, -0.1) is 34.0 Å². The van der Waals surface area contributed by atoms with Gasteiger partial charge in [-0.25, -0.2) is 14.4 Å². The molecule has 21 nitrogen and oxygen atoms in total. The molecule has 3 heterocycles. The topological polar surface area (TPSA) is 330 Å². The minimum absolute atomic E-state index is 0.00577.